The molecule has 29 heavy (non-hydrogen) atoms. The highest BCUT2D eigenvalue weighted by Crippen LogP contribution is 2.78. The van der Waals surface area contributed by atoms with Crippen molar-refractivity contribution in [3.8, 4) is 0 Å². The van der Waals surface area contributed by atoms with Gasteiger partial charge in [-0.05, 0) is 67.3 Å². The number of hydrogen-bond donors (Lipinski definition) is 1. The quantitative estimate of drug-likeness (QED) is 0.582. The van der Waals surface area contributed by atoms with Crippen LogP contribution in [-0.2, 0) is 14.3 Å². The van der Waals surface area contributed by atoms with Crippen LogP contribution in [0.15, 0.2) is 12.2 Å². The summed E-state index contributed by atoms with van der Waals surface area (Å²) in [4.78, 5) is 14.5. The summed E-state index contributed by atoms with van der Waals surface area (Å²) >= 11 is 0. The maximum absolute atomic E-state index is 12.1. The van der Waals surface area contributed by atoms with Gasteiger partial charge in [-0.1, -0.05) is 19.9 Å². The third-order valence-electron chi connectivity index (χ3n) is 10.3. The highest BCUT2D eigenvalue weighted by molar-refractivity contribution is 5.67. The number of piperidine rings is 1. The van der Waals surface area contributed by atoms with Crippen LogP contribution in [0.1, 0.15) is 58.8 Å². The first kappa shape index (κ1) is 18.8. The molecule has 5 aliphatic carbocycles. The zero-order valence-electron chi connectivity index (χ0n) is 17.9. The number of likely N-dealkylation sites (tertiary alicyclic amines) is 1. The fraction of sp³-hybridized carbons (Fsp3) is 0.875. The van der Waals surface area contributed by atoms with Gasteiger partial charge in [0.1, 0.15) is 12.3 Å². The summed E-state index contributed by atoms with van der Waals surface area (Å²) in [7, 11) is 0. The van der Waals surface area contributed by atoms with Crippen molar-refractivity contribution in [1.82, 2.24) is 4.90 Å². The number of β-amino-alcohol motifs (C(OH)–C–C–N with tert-alkyl or cyclic N) is 1. The molecule has 2 spiro atoms. The molecular formula is C24H35NO4. The van der Waals surface area contributed by atoms with E-state index in [1.807, 2.05) is 0 Å². The molecule has 1 N–H and O–H groups in total. The Morgan fingerprint density at radius 3 is 2.86 bits per heavy atom. The molecule has 8 rings (SSSR count). The standard InChI is InChI=1S/C24H35NO4/c1-14-16-5-8-24(20(14)28-15(2)27)18(11-16)23-7-4-6-22(3)13-25(9-10-26)21(23)29-19(24)12-17(22)23/h16-21,26H,1,4-13H2,2-3H3. The fourth-order valence-corrected chi connectivity index (χ4v) is 9.62. The average molecular weight is 402 g/mol. The van der Waals surface area contributed by atoms with Crippen LogP contribution in [0.5, 0.6) is 0 Å². The van der Waals surface area contributed by atoms with Crippen LogP contribution >= 0.6 is 0 Å². The monoisotopic (exact) mass is 401 g/mol. The molecule has 5 heteroatoms. The lowest BCUT2D eigenvalue weighted by Crippen LogP contribution is -2.82. The predicted molar refractivity (Wildman–Crippen MR) is 108 cm³/mol. The molecule has 3 aliphatic heterocycles. The van der Waals surface area contributed by atoms with Crippen LogP contribution in [0.2, 0.25) is 0 Å². The number of fused-ring (bicyclic) bond motifs is 2. The maximum atomic E-state index is 12.1. The highest BCUT2D eigenvalue weighted by Gasteiger charge is 2.79. The second kappa shape index (κ2) is 5.86. The normalized spacial score (nSPS) is 54.9. The summed E-state index contributed by atoms with van der Waals surface area (Å²) in [5.74, 6) is 1.50. The van der Waals surface area contributed by atoms with Gasteiger partial charge >= 0.3 is 5.97 Å². The van der Waals surface area contributed by atoms with Crippen molar-refractivity contribution in [2.45, 2.75) is 77.2 Å². The summed E-state index contributed by atoms with van der Waals surface area (Å²) in [6, 6.07) is 0. The van der Waals surface area contributed by atoms with Crippen LogP contribution < -0.4 is 0 Å². The largest absolute Gasteiger partial charge is 0.457 e. The van der Waals surface area contributed by atoms with E-state index in [0.29, 0.717) is 29.7 Å². The summed E-state index contributed by atoms with van der Waals surface area (Å²) in [5.41, 5.74) is 1.49. The van der Waals surface area contributed by atoms with E-state index >= 15 is 0 Å². The van der Waals surface area contributed by atoms with Gasteiger partial charge in [-0.25, -0.2) is 0 Å². The minimum absolute atomic E-state index is 0.0923. The van der Waals surface area contributed by atoms with Crippen molar-refractivity contribution in [3.63, 3.8) is 0 Å². The van der Waals surface area contributed by atoms with Crippen molar-refractivity contribution in [2.75, 3.05) is 19.7 Å². The number of hydrogen-bond acceptors (Lipinski definition) is 5. The summed E-state index contributed by atoms with van der Waals surface area (Å²) in [6.45, 7) is 10.4. The molecular weight excluding hydrogens is 366 g/mol. The van der Waals surface area contributed by atoms with Crippen molar-refractivity contribution in [3.05, 3.63) is 12.2 Å². The Bertz CT molecular complexity index is 768. The van der Waals surface area contributed by atoms with Crippen LogP contribution in [0.25, 0.3) is 0 Å². The van der Waals surface area contributed by atoms with E-state index in [4.69, 9.17) is 9.47 Å². The molecule has 8 fully saturated rings. The van der Waals surface area contributed by atoms with E-state index in [1.165, 1.54) is 32.6 Å². The topological polar surface area (TPSA) is 59.0 Å². The Morgan fingerprint density at radius 2 is 2.10 bits per heavy atom. The molecule has 0 aromatic rings. The lowest BCUT2D eigenvalue weighted by atomic mass is 9.32. The number of rotatable bonds is 3. The fourth-order valence-electron chi connectivity index (χ4n) is 9.62. The van der Waals surface area contributed by atoms with Gasteiger partial charge in [-0.2, -0.15) is 0 Å². The molecule has 8 aliphatic rings. The van der Waals surface area contributed by atoms with Crippen LogP contribution in [0.3, 0.4) is 0 Å². The van der Waals surface area contributed by atoms with Gasteiger partial charge < -0.3 is 14.6 Å². The van der Waals surface area contributed by atoms with Crippen molar-refractivity contribution >= 4 is 5.97 Å². The van der Waals surface area contributed by atoms with Gasteiger partial charge in [0.05, 0.1) is 12.7 Å². The number of ether oxygens (including phenoxy) is 2. The Kier molecular flexibility index (Phi) is 3.81. The van der Waals surface area contributed by atoms with E-state index < -0.39 is 0 Å². The van der Waals surface area contributed by atoms with Gasteiger partial charge in [-0.15, -0.1) is 0 Å². The van der Waals surface area contributed by atoms with E-state index in [9.17, 15) is 9.90 Å². The molecule has 9 atom stereocenters. The summed E-state index contributed by atoms with van der Waals surface area (Å²) < 4.78 is 13.0. The molecule has 5 saturated carbocycles. The van der Waals surface area contributed by atoms with Gasteiger partial charge in [0.15, 0.2) is 0 Å². The number of aliphatic hydroxyl groups is 1. The van der Waals surface area contributed by atoms with Gasteiger partial charge in [-0.3, -0.25) is 9.69 Å². The minimum Gasteiger partial charge on any atom is -0.457 e. The van der Waals surface area contributed by atoms with Gasteiger partial charge in [0, 0.05) is 30.8 Å². The van der Waals surface area contributed by atoms with Crippen molar-refractivity contribution < 1.29 is 19.4 Å². The number of carbonyl (C=O) groups excluding carboxylic acids is 1. The maximum Gasteiger partial charge on any atom is 0.303 e. The minimum atomic E-state index is -0.189. The van der Waals surface area contributed by atoms with E-state index in [0.717, 1.165) is 31.4 Å². The molecule has 3 saturated heterocycles. The second-order valence-corrected chi connectivity index (χ2v) is 11.3. The number of esters is 1. The lowest BCUT2D eigenvalue weighted by molar-refractivity contribution is -0.405. The van der Waals surface area contributed by atoms with Crippen molar-refractivity contribution in [1.29, 1.82) is 0 Å². The van der Waals surface area contributed by atoms with Crippen LogP contribution in [0.4, 0.5) is 0 Å². The molecule has 160 valence electrons. The first-order valence-corrected chi connectivity index (χ1v) is 11.7. The molecule has 3 heterocycles. The number of nitrogens with zero attached hydrogens (tertiary/aromatic N) is 1. The third-order valence-corrected chi connectivity index (χ3v) is 10.3. The Morgan fingerprint density at radius 1 is 1.28 bits per heavy atom. The Labute approximate surface area is 173 Å². The Hall–Kier alpha value is -0.910. The van der Waals surface area contributed by atoms with Crippen LogP contribution in [0, 0.1) is 34.0 Å². The molecule has 5 nitrogen and oxygen atoms in total. The second-order valence-electron chi connectivity index (χ2n) is 11.3. The molecule has 9 unspecified atom stereocenters. The van der Waals surface area contributed by atoms with E-state index in [-0.39, 0.29) is 41.8 Å². The summed E-state index contributed by atoms with van der Waals surface area (Å²) in [6.07, 6.45) is 8.38. The first-order valence-electron chi connectivity index (χ1n) is 11.7. The summed E-state index contributed by atoms with van der Waals surface area (Å²) in [5, 5.41) is 9.78. The van der Waals surface area contributed by atoms with E-state index in [1.54, 1.807) is 0 Å². The predicted octanol–water partition coefficient (Wildman–Crippen LogP) is 3.12. The molecule has 7 bridgehead atoms. The highest BCUT2D eigenvalue weighted by atomic mass is 16.6. The number of aliphatic hydroxyl groups excluding tert-OH is 1. The van der Waals surface area contributed by atoms with Gasteiger partial charge in [0.2, 0.25) is 0 Å². The first-order chi connectivity index (χ1) is 13.9. The SMILES string of the molecule is C=C1C2CCC3(C4CC5C6(C)CCCC5(C(O4)N(CCO)C6)C3C2)C1OC(C)=O. The zero-order valence-corrected chi connectivity index (χ0v) is 17.9. The molecule has 0 amide bonds. The molecule has 0 aromatic carbocycles. The third kappa shape index (κ3) is 2.06. The average Bonchev–Trinajstić information content (AvgIpc) is 2.68. The van der Waals surface area contributed by atoms with E-state index in [2.05, 4.69) is 18.4 Å². The van der Waals surface area contributed by atoms with Crippen LogP contribution in [-0.4, -0.2) is 54.1 Å². The smallest absolute Gasteiger partial charge is 0.303 e. The number of carbonyl (C=O) groups is 1. The van der Waals surface area contributed by atoms with Crippen molar-refractivity contribution in [2.24, 2.45) is 34.0 Å². The molecule has 0 radical (unpaired) electrons. The zero-order chi connectivity index (χ0) is 20.2. The molecule has 0 aromatic heterocycles. The van der Waals surface area contributed by atoms with Gasteiger partial charge in [0.25, 0.3) is 0 Å². The Balaban J connectivity index is 1.51. The lowest BCUT2D eigenvalue weighted by Gasteiger charge is -2.79.